The third kappa shape index (κ3) is 2.62. The molecule has 2 N–H and O–H groups in total. The molecule has 1 aromatic rings. The van der Waals surface area contributed by atoms with Crippen LogP contribution < -0.4 is 0 Å². The van der Waals surface area contributed by atoms with Crippen LogP contribution in [0.4, 0.5) is 0 Å². The molecule has 0 atom stereocenters. The van der Waals surface area contributed by atoms with Gasteiger partial charge in [0, 0.05) is 0 Å². The number of hydrogen-bond acceptors (Lipinski definition) is 4. The summed E-state index contributed by atoms with van der Waals surface area (Å²) in [5.74, 6) is -1.08. The molecule has 1 heterocycles. The average Bonchev–Trinajstić information content (AvgIpc) is 2.58. The predicted molar refractivity (Wildman–Crippen MR) is 66.3 cm³/mol. The second-order valence-electron chi connectivity index (χ2n) is 3.56. The lowest BCUT2D eigenvalue weighted by atomic mass is 10.1. The molecule has 1 aromatic carbocycles. The molecule has 17 heavy (non-hydrogen) atoms. The molecule has 0 aromatic heterocycles. The maximum absolute atomic E-state index is 11.5. The van der Waals surface area contributed by atoms with Crippen LogP contribution in [0, 0.1) is 5.41 Å². The number of allylic oxidation sites excluding steroid dienone is 1. The fraction of sp³-hybridized carbons (Fsp3) is 0.0833. The van der Waals surface area contributed by atoms with E-state index in [0.717, 1.165) is 11.8 Å². The van der Waals surface area contributed by atoms with Crippen LogP contribution >= 0.6 is 11.8 Å². The number of carboxylic acids is 1. The van der Waals surface area contributed by atoms with Gasteiger partial charge in [-0.3, -0.25) is 10.2 Å². The van der Waals surface area contributed by atoms with Crippen LogP contribution in [0.5, 0.6) is 0 Å². The number of benzene rings is 1. The molecule has 1 fully saturated rings. The van der Waals surface area contributed by atoms with Crippen molar-refractivity contribution in [1.29, 1.82) is 5.41 Å². The number of carboxylic acid groups (broad SMARTS) is 1. The molecule has 1 aliphatic rings. The molecule has 0 spiro atoms. The standard InChI is InChI=1S/C12H9NO3S/c13-11-6-9(14)10(17-11)5-7-2-1-3-8(4-7)12(15)16/h1-5,13H,6H2,(H,15,16)/b10-5-,13-11?. The number of ketones is 1. The van der Waals surface area contributed by atoms with E-state index in [-0.39, 0.29) is 17.8 Å². The Morgan fingerprint density at radius 1 is 1.47 bits per heavy atom. The van der Waals surface area contributed by atoms with Crippen molar-refractivity contribution in [3.8, 4) is 0 Å². The Morgan fingerprint density at radius 3 is 2.82 bits per heavy atom. The zero-order valence-electron chi connectivity index (χ0n) is 8.77. The van der Waals surface area contributed by atoms with Gasteiger partial charge in [-0.1, -0.05) is 23.9 Å². The molecule has 0 unspecified atom stereocenters. The van der Waals surface area contributed by atoms with Gasteiger partial charge in [0.15, 0.2) is 5.78 Å². The SMILES string of the molecule is N=C1CC(=O)/C(=C/c2cccc(C(=O)O)c2)S1. The van der Waals surface area contributed by atoms with Gasteiger partial charge in [0.1, 0.15) is 0 Å². The molecule has 4 nitrogen and oxygen atoms in total. The maximum atomic E-state index is 11.5. The Labute approximate surface area is 102 Å². The minimum Gasteiger partial charge on any atom is -0.478 e. The second-order valence-corrected chi connectivity index (χ2v) is 4.70. The third-order valence-corrected chi connectivity index (χ3v) is 3.22. The summed E-state index contributed by atoms with van der Waals surface area (Å²) in [6, 6.07) is 6.36. The quantitative estimate of drug-likeness (QED) is 0.786. The third-order valence-electron chi connectivity index (χ3n) is 2.26. The highest BCUT2D eigenvalue weighted by atomic mass is 32.2. The van der Waals surface area contributed by atoms with Crippen molar-refractivity contribution in [2.24, 2.45) is 0 Å². The largest absolute Gasteiger partial charge is 0.478 e. The van der Waals surface area contributed by atoms with Crippen LogP contribution in [0.25, 0.3) is 6.08 Å². The molecular formula is C12H9NO3S. The van der Waals surface area contributed by atoms with Gasteiger partial charge in [-0.05, 0) is 23.8 Å². The highest BCUT2D eigenvalue weighted by Gasteiger charge is 2.22. The number of Topliss-reactive ketones (excluding diaryl/α,β-unsaturated/α-hetero) is 1. The Balaban J connectivity index is 2.33. The summed E-state index contributed by atoms with van der Waals surface area (Å²) in [7, 11) is 0. The monoisotopic (exact) mass is 247 g/mol. The molecule has 0 aliphatic carbocycles. The van der Waals surface area contributed by atoms with Crippen LogP contribution in [0.15, 0.2) is 29.2 Å². The van der Waals surface area contributed by atoms with E-state index in [1.54, 1.807) is 18.2 Å². The number of nitrogens with one attached hydrogen (secondary N) is 1. The first kappa shape index (κ1) is 11.6. The lowest BCUT2D eigenvalue weighted by Gasteiger charge is -1.98. The van der Waals surface area contributed by atoms with Gasteiger partial charge in [0.2, 0.25) is 0 Å². The maximum Gasteiger partial charge on any atom is 0.335 e. The van der Waals surface area contributed by atoms with Crippen molar-refractivity contribution in [2.45, 2.75) is 6.42 Å². The first-order valence-corrected chi connectivity index (χ1v) is 5.71. The van der Waals surface area contributed by atoms with E-state index in [0.29, 0.717) is 15.5 Å². The first-order valence-electron chi connectivity index (χ1n) is 4.90. The highest BCUT2D eigenvalue weighted by molar-refractivity contribution is 8.18. The van der Waals surface area contributed by atoms with E-state index in [4.69, 9.17) is 10.5 Å². The fourth-order valence-electron chi connectivity index (χ4n) is 1.48. The number of carbonyl (C=O) groups excluding carboxylic acids is 1. The molecule has 0 radical (unpaired) electrons. The minimum atomic E-state index is -0.997. The molecule has 0 saturated carbocycles. The Kier molecular flexibility index (Phi) is 3.10. The van der Waals surface area contributed by atoms with E-state index in [2.05, 4.69) is 0 Å². The molecule has 1 saturated heterocycles. The first-order chi connectivity index (χ1) is 8.06. The summed E-state index contributed by atoms with van der Waals surface area (Å²) in [5, 5.41) is 16.6. The van der Waals surface area contributed by atoms with Gasteiger partial charge in [-0.15, -0.1) is 0 Å². The Bertz CT molecular complexity index is 548. The zero-order valence-corrected chi connectivity index (χ0v) is 9.58. The fourth-order valence-corrected chi connectivity index (χ4v) is 2.33. The van der Waals surface area contributed by atoms with Gasteiger partial charge in [0.05, 0.1) is 21.9 Å². The number of thioether (sulfide) groups is 1. The van der Waals surface area contributed by atoms with Crippen LogP contribution in [0.3, 0.4) is 0 Å². The predicted octanol–water partition coefficient (Wildman–Crippen LogP) is 2.41. The van der Waals surface area contributed by atoms with E-state index in [1.807, 2.05) is 0 Å². The van der Waals surface area contributed by atoms with E-state index < -0.39 is 5.97 Å². The molecule has 2 rings (SSSR count). The molecule has 1 aliphatic heterocycles. The molecule has 5 heteroatoms. The van der Waals surface area contributed by atoms with Gasteiger partial charge >= 0.3 is 5.97 Å². The summed E-state index contributed by atoms with van der Waals surface area (Å²) in [5.41, 5.74) is 0.848. The Hall–Kier alpha value is -1.88. The summed E-state index contributed by atoms with van der Waals surface area (Å²) in [6.07, 6.45) is 1.77. The van der Waals surface area contributed by atoms with Crippen LogP contribution in [-0.4, -0.2) is 21.9 Å². The van der Waals surface area contributed by atoms with Crippen LogP contribution in [0.2, 0.25) is 0 Å². The van der Waals surface area contributed by atoms with Crippen molar-refractivity contribution in [3.63, 3.8) is 0 Å². The van der Waals surface area contributed by atoms with E-state index >= 15 is 0 Å². The summed E-state index contributed by atoms with van der Waals surface area (Å²) >= 11 is 1.13. The highest BCUT2D eigenvalue weighted by Crippen LogP contribution is 2.30. The van der Waals surface area contributed by atoms with Crippen molar-refractivity contribution >= 4 is 34.6 Å². The molecular weight excluding hydrogens is 238 g/mol. The molecule has 86 valence electrons. The summed E-state index contributed by atoms with van der Waals surface area (Å²) in [6.45, 7) is 0. The average molecular weight is 247 g/mol. The smallest absolute Gasteiger partial charge is 0.335 e. The van der Waals surface area contributed by atoms with Crippen molar-refractivity contribution < 1.29 is 14.7 Å². The number of hydrogen-bond donors (Lipinski definition) is 2. The lowest BCUT2D eigenvalue weighted by Crippen LogP contribution is -1.96. The van der Waals surface area contributed by atoms with Crippen LogP contribution in [0.1, 0.15) is 22.3 Å². The van der Waals surface area contributed by atoms with Gasteiger partial charge in [-0.2, -0.15) is 0 Å². The summed E-state index contributed by atoms with van der Waals surface area (Å²) in [4.78, 5) is 22.7. The Morgan fingerprint density at radius 2 is 2.24 bits per heavy atom. The van der Waals surface area contributed by atoms with Crippen molar-refractivity contribution in [2.75, 3.05) is 0 Å². The zero-order chi connectivity index (χ0) is 12.4. The summed E-state index contributed by atoms with van der Waals surface area (Å²) < 4.78 is 0. The number of carbonyl (C=O) groups is 2. The van der Waals surface area contributed by atoms with E-state index in [9.17, 15) is 9.59 Å². The number of rotatable bonds is 2. The molecule has 0 amide bonds. The van der Waals surface area contributed by atoms with Crippen molar-refractivity contribution in [1.82, 2.24) is 0 Å². The van der Waals surface area contributed by atoms with E-state index in [1.165, 1.54) is 12.1 Å². The van der Waals surface area contributed by atoms with Gasteiger partial charge < -0.3 is 5.11 Å². The lowest BCUT2D eigenvalue weighted by molar-refractivity contribution is -0.113. The minimum absolute atomic E-state index is 0.0827. The van der Waals surface area contributed by atoms with Crippen LogP contribution in [-0.2, 0) is 4.79 Å². The van der Waals surface area contributed by atoms with Gasteiger partial charge in [0.25, 0.3) is 0 Å². The normalized spacial score (nSPS) is 17.8. The number of aromatic carboxylic acids is 1. The van der Waals surface area contributed by atoms with Crippen molar-refractivity contribution in [3.05, 3.63) is 40.3 Å². The second kappa shape index (κ2) is 4.55. The topological polar surface area (TPSA) is 78.2 Å². The molecule has 0 bridgehead atoms. The van der Waals surface area contributed by atoms with Gasteiger partial charge in [-0.25, -0.2) is 4.79 Å².